The summed E-state index contributed by atoms with van der Waals surface area (Å²) in [5.41, 5.74) is 7.06. The maximum absolute atomic E-state index is 11.7. The lowest BCUT2D eigenvalue weighted by atomic mass is 10.3. The highest BCUT2D eigenvalue weighted by Crippen LogP contribution is 2.13. The van der Waals surface area contributed by atoms with E-state index in [-0.39, 0.29) is 12.5 Å². The number of nitrogens with two attached hydrogens (primary N) is 1. The maximum atomic E-state index is 11.7. The van der Waals surface area contributed by atoms with E-state index in [1.54, 1.807) is 42.7 Å². The molecule has 4 N–H and O–H groups in total. The quantitative estimate of drug-likeness (QED) is 0.755. The Labute approximate surface area is 127 Å². The molecule has 22 heavy (non-hydrogen) atoms. The number of anilines is 2. The third-order valence-corrected chi connectivity index (χ3v) is 2.66. The van der Waals surface area contributed by atoms with Crippen molar-refractivity contribution in [3.05, 3.63) is 54.4 Å². The third-order valence-electron chi connectivity index (χ3n) is 2.66. The van der Waals surface area contributed by atoms with E-state index in [1.807, 2.05) is 6.07 Å². The van der Waals surface area contributed by atoms with Crippen LogP contribution in [-0.2, 0) is 16.1 Å². The van der Waals surface area contributed by atoms with Crippen LogP contribution >= 0.6 is 0 Å². The molecule has 0 saturated carbocycles. The molecule has 114 valence electrons. The van der Waals surface area contributed by atoms with Gasteiger partial charge in [-0.1, -0.05) is 6.07 Å². The Morgan fingerprint density at radius 3 is 2.36 bits per heavy atom. The number of carbonyl (C=O) groups is 2. The van der Waals surface area contributed by atoms with Crippen LogP contribution in [0.3, 0.4) is 0 Å². The lowest BCUT2D eigenvalue weighted by Crippen LogP contribution is -2.19. The summed E-state index contributed by atoms with van der Waals surface area (Å²) < 4.78 is 5.30. The topological polar surface area (TPSA) is 106 Å². The number of pyridine rings is 1. The number of nitrogens with zero attached hydrogens (tertiary/aromatic N) is 1. The highest BCUT2D eigenvalue weighted by Gasteiger charge is 2.03. The highest BCUT2D eigenvalue weighted by molar-refractivity contribution is 5.92. The lowest BCUT2D eigenvalue weighted by Gasteiger charge is -2.07. The predicted octanol–water partition coefficient (Wildman–Crippen LogP) is 1.73. The monoisotopic (exact) mass is 300 g/mol. The molecule has 3 amide bonds. The molecule has 0 fully saturated rings. The summed E-state index contributed by atoms with van der Waals surface area (Å²) in [7, 11) is 0. The first-order valence-corrected chi connectivity index (χ1v) is 6.56. The predicted molar refractivity (Wildman–Crippen MR) is 82.2 cm³/mol. The van der Waals surface area contributed by atoms with Crippen molar-refractivity contribution in [1.82, 2.24) is 4.98 Å². The Bertz CT molecular complexity index is 629. The molecule has 1 aromatic heterocycles. The van der Waals surface area contributed by atoms with Gasteiger partial charge in [0.05, 0.1) is 6.61 Å². The van der Waals surface area contributed by atoms with E-state index in [4.69, 9.17) is 10.5 Å². The molecule has 0 saturated heterocycles. The van der Waals surface area contributed by atoms with Crippen LogP contribution in [0.2, 0.25) is 0 Å². The first-order valence-electron chi connectivity index (χ1n) is 6.56. The molecule has 0 bridgehead atoms. The van der Waals surface area contributed by atoms with Crippen LogP contribution in [-0.4, -0.2) is 23.5 Å². The number of amides is 3. The molecule has 0 unspecified atom stereocenters. The van der Waals surface area contributed by atoms with Crippen LogP contribution in [0, 0.1) is 0 Å². The van der Waals surface area contributed by atoms with Crippen molar-refractivity contribution in [2.75, 3.05) is 17.2 Å². The van der Waals surface area contributed by atoms with Gasteiger partial charge in [0.2, 0.25) is 5.91 Å². The van der Waals surface area contributed by atoms with Crippen LogP contribution < -0.4 is 16.4 Å². The minimum absolute atomic E-state index is 0.0593. The van der Waals surface area contributed by atoms with Gasteiger partial charge in [-0.3, -0.25) is 9.78 Å². The number of urea groups is 1. The van der Waals surface area contributed by atoms with E-state index in [2.05, 4.69) is 15.6 Å². The van der Waals surface area contributed by atoms with Crippen LogP contribution in [0.15, 0.2) is 48.8 Å². The van der Waals surface area contributed by atoms with E-state index in [9.17, 15) is 9.59 Å². The summed E-state index contributed by atoms with van der Waals surface area (Å²) in [5, 5.41) is 5.12. The molecule has 7 heteroatoms. The SMILES string of the molecule is NC(=O)Nc1ccc(NC(=O)COCc2cccnc2)cc1. The fraction of sp³-hybridized carbons (Fsp3) is 0.133. The number of hydrogen-bond acceptors (Lipinski definition) is 4. The van der Waals surface area contributed by atoms with E-state index in [0.29, 0.717) is 18.0 Å². The smallest absolute Gasteiger partial charge is 0.316 e. The van der Waals surface area contributed by atoms with Gasteiger partial charge in [0.25, 0.3) is 0 Å². The van der Waals surface area contributed by atoms with Crippen molar-refractivity contribution in [3.63, 3.8) is 0 Å². The highest BCUT2D eigenvalue weighted by atomic mass is 16.5. The molecule has 0 atom stereocenters. The summed E-state index contributed by atoms with van der Waals surface area (Å²) in [6.07, 6.45) is 3.36. The molecule has 0 aliphatic rings. The van der Waals surface area contributed by atoms with Gasteiger partial charge in [-0.05, 0) is 35.9 Å². The van der Waals surface area contributed by atoms with Gasteiger partial charge in [-0.15, -0.1) is 0 Å². The molecule has 1 heterocycles. The molecular weight excluding hydrogens is 284 g/mol. The zero-order valence-corrected chi connectivity index (χ0v) is 11.8. The molecule has 7 nitrogen and oxygen atoms in total. The second-order valence-corrected chi connectivity index (χ2v) is 4.47. The number of primary amides is 1. The van der Waals surface area contributed by atoms with Crippen molar-refractivity contribution < 1.29 is 14.3 Å². The molecule has 0 spiro atoms. The zero-order chi connectivity index (χ0) is 15.8. The average Bonchev–Trinajstić information content (AvgIpc) is 2.50. The number of carbonyl (C=O) groups excluding carboxylic acids is 2. The van der Waals surface area contributed by atoms with Gasteiger partial charge in [0.15, 0.2) is 0 Å². The van der Waals surface area contributed by atoms with E-state index < -0.39 is 6.03 Å². The Hall–Kier alpha value is -2.93. The maximum Gasteiger partial charge on any atom is 0.316 e. The Kier molecular flexibility index (Phi) is 5.44. The van der Waals surface area contributed by atoms with Gasteiger partial charge < -0.3 is 21.1 Å². The van der Waals surface area contributed by atoms with E-state index in [0.717, 1.165) is 5.56 Å². The molecule has 1 aromatic carbocycles. The normalized spacial score (nSPS) is 10.0. The lowest BCUT2D eigenvalue weighted by molar-refractivity contribution is -0.121. The Balaban J connectivity index is 1.75. The molecule has 2 rings (SSSR count). The van der Waals surface area contributed by atoms with Crippen molar-refractivity contribution in [2.45, 2.75) is 6.61 Å². The van der Waals surface area contributed by atoms with Crippen molar-refractivity contribution in [1.29, 1.82) is 0 Å². The summed E-state index contributed by atoms with van der Waals surface area (Å²) in [5.74, 6) is -0.264. The summed E-state index contributed by atoms with van der Waals surface area (Å²) in [4.78, 5) is 26.4. The van der Waals surface area contributed by atoms with Crippen LogP contribution in [0.5, 0.6) is 0 Å². The van der Waals surface area contributed by atoms with E-state index >= 15 is 0 Å². The molecule has 0 radical (unpaired) electrons. The molecular formula is C15H16N4O3. The fourth-order valence-corrected chi connectivity index (χ4v) is 1.72. The number of aromatic nitrogens is 1. The van der Waals surface area contributed by atoms with Crippen molar-refractivity contribution in [3.8, 4) is 0 Å². The van der Waals surface area contributed by atoms with E-state index in [1.165, 1.54) is 0 Å². The minimum atomic E-state index is -0.638. The standard InChI is InChI=1S/C15H16N4O3/c16-15(21)19-13-5-3-12(4-6-13)18-14(20)10-22-9-11-2-1-7-17-8-11/h1-8H,9-10H2,(H,18,20)(H3,16,19,21). The fourth-order valence-electron chi connectivity index (χ4n) is 1.72. The number of hydrogen-bond donors (Lipinski definition) is 3. The zero-order valence-electron chi connectivity index (χ0n) is 11.8. The summed E-state index contributed by atoms with van der Waals surface area (Å²) in [6.45, 7) is 0.263. The van der Waals surface area contributed by atoms with Gasteiger partial charge in [-0.2, -0.15) is 0 Å². The number of ether oxygens (including phenoxy) is 1. The van der Waals surface area contributed by atoms with Crippen LogP contribution in [0.1, 0.15) is 5.56 Å². The average molecular weight is 300 g/mol. The van der Waals surface area contributed by atoms with Gasteiger partial charge in [0, 0.05) is 23.8 Å². The van der Waals surface area contributed by atoms with Gasteiger partial charge in [0.1, 0.15) is 6.61 Å². The van der Waals surface area contributed by atoms with Crippen LogP contribution in [0.4, 0.5) is 16.2 Å². The van der Waals surface area contributed by atoms with Gasteiger partial charge >= 0.3 is 6.03 Å². The number of nitrogens with one attached hydrogen (secondary N) is 2. The molecule has 2 aromatic rings. The third kappa shape index (κ3) is 5.22. The minimum Gasteiger partial charge on any atom is -0.367 e. The summed E-state index contributed by atoms with van der Waals surface area (Å²) >= 11 is 0. The number of rotatable bonds is 6. The van der Waals surface area contributed by atoms with Crippen molar-refractivity contribution in [2.24, 2.45) is 5.73 Å². The Morgan fingerprint density at radius 2 is 1.77 bits per heavy atom. The summed E-state index contributed by atoms with van der Waals surface area (Å²) in [6, 6.07) is 9.62. The second kappa shape index (κ2) is 7.75. The largest absolute Gasteiger partial charge is 0.367 e. The number of benzene rings is 1. The Morgan fingerprint density at radius 1 is 1.09 bits per heavy atom. The first-order chi connectivity index (χ1) is 10.6. The van der Waals surface area contributed by atoms with Crippen LogP contribution in [0.25, 0.3) is 0 Å². The second-order valence-electron chi connectivity index (χ2n) is 4.47. The van der Waals surface area contributed by atoms with Crippen molar-refractivity contribution >= 4 is 23.3 Å². The first kappa shape index (κ1) is 15.5. The molecule has 0 aliphatic heterocycles. The molecule has 0 aliphatic carbocycles. The van der Waals surface area contributed by atoms with Gasteiger partial charge in [-0.25, -0.2) is 4.79 Å².